The summed E-state index contributed by atoms with van der Waals surface area (Å²) >= 11 is 0. The summed E-state index contributed by atoms with van der Waals surface area (Å²) in [6, 6.07) is 17.4. The van der Waals surface area contributed by atoms with Crippen molar-refractivity contribution in [3.05, 3.63) is 71.8 Å². The van der Waals surface area contributed by atoms with Crippen molar-refractivity contribution in [2.45, 2.75) is 77.7 Å². The summed E-state index contributed by atoms with van der Waals surface area (Å²) in [6.07, 6.45) is -1.04. The molecule has 0 spiro atoms. The van der Waals surface area contributed by atoms with E-state index in [9.17, 15) is 19.5 Å². The lowest BCUT2D eigenvalue weighted by Crippen LogP contribution is -2.53. The Morgan fingerprint density at radius 3 is 1.90 bits per heavy atom. The molecule has 2 aromatic carbocycles. The van der Waals surface area contributed by atoms with E-state index in [0.29, 0.717) is 12.8 Å². The fourth-order valence-electron chi connectivity index (χ4n) is 4.34. The molecule has 0 fully saturated rings. The largest absolute Gasteiger partial charge is 0.444 e. The summed E-state index contributed by atoms with van der Waals surface area (Å²) in [7, 11) is 0. The zero-order valence-corrected chi connectivity index (χ0v) is 24.2. The molecular formula is C31H45N3O6. The molecule has 2 rings (SSSR count). The molecule has 0 aliphatic rings. The molecule has 0 saturated heterocycles. The molecule has 0 unspecified atom stereocenters. The Morgan fingerprint density at radius 2 is 1.40 bits per heavy atom. The Balaban J connectivity index is 2.29. The predicted octanol–water partition coefficient (Wildman–Crippen LogP) is 2.98. The molecule has 0 saturated carbocycles. The second kappa shape index (κ2) is 16.0. The number of hydrogen-bond acceptors (Lipinski definition) is 6. The minimum atomic E-state index is -1.09. The average molecular weight is 556 g/mol. The third-order valence-electron chi connectivity index (χ3n) is 6.34. The van der Waals surface area contributed by atoms with Crippen LogP contribution in [0.3, 0.4) is 0 Å². The van der Waals surface area contributed by atoms with Crippen LogP contribution < -0.4 is 16.0 Å². The van der Waals surface area contributed by atoms with Gasteiger partial charge in [-0.3, -0.25) is 9.59 Å². The maximum atomic E-state index is 13.6. The van der Waals surface area contributed by atoms with E-state index < -0.39 is 35.8 Å². The number of carbonyl (C=O) groups is 3. The van der Waals surface area contributed by atoms with E-state index in [2.05, 4.69) is 16.0 Å². The Kier molecular flexibility index (Phi) is 13.1. The maximum Gasteiger partial charge on any atom is 0.407 e. The van der Waals surface area contributed by atoms with Gasteiger partial charge >= 0.3 is 6.09 Å². The molecule has 0 radical (unpaired) electrons. The highest BCUT2D eigenvalue weighted by Crippen LogP contribution is 2.20. The highest BCUT2D eigenvalue weighted by Gasteiger charge is 2.32. The maximum absolute atomic E-state index is 13.6. The third kappa shape index (κ3) is 11.8. The number of alkyl carbamates (subject to hydrolysis) is 1. The van der Waals surface area contributed by atoms with Gasteiger partial charge in [-0.25, -0.2) is 4.79 Å². The number of ether oxygens (including phenoxy) is 1. The molecule has 4 atom stereocenters. The second-order valence-electron chi connectivity index (χ2n) is 11.4. The first-order valence-electron chi connectivity index (χ1n) is 13.8. The van der Waals surface area contributed by atoms with Crippen molar-refractivity contribution in [1.82, 2.24) is 16.0 Å². The lowest BCUT2D eigenvalue weighted by molar-refractivity contribution is -0.132. The van der Waals surface area contributed by atoms with Crippen LogP contribution in [0.2, 0.25) is 0 Å². The minimum Gasteiger partial charge on any atom is -0.444 e. The van der Waals surface area contributed by atoms with Gasteiger partial charge in [0.25, 0.3) is 0 Å². The molecule has 9 nitrogen and oxygen atoms in total. The SMILES string of the molecule is CC(C)[C@H](NC(=O)[C@@H](Cc1ccccc1)C[C@H](O)[C@H](Cc1ccccc1)NC(=O)OC(C)(C)C)C(=O)NCCO. The summed E-state index contributed by atoms with van der Waals surface area (Å²) < 4.78 is 5.44. The van der Waals surface area contributed by atoms with Crippen LogP contribution in [0.4, 0.5) is 4.79 Å². The van der Waals surface area contributed by atoms with E-state index >= 15 is 0 Å². The first-order valence-corrected chi connectivity index (χ1v) is 13.8. The molecule has 0 bridgehead atoms. The molecule has 220 valence electrons. The minimum absolute atomic E-state index is 0.0388. The van der Waals surface area contributed by atoms with Gasteiger partial charge in [-0.05, 0) is 57.1 Å². The fourth-order valence-corrected chi connectivity index (χ4v) is 4.34. The van der Waals surface area contributed by atoms with Crippen molar-refractivity contribution in [2.75, 3.05) is 13.2 Å². The Morgan fingerprint density at radius 1 is 0.850 bits per heavy atom. The lowest BCUT2D eigenvalue weighted by Gasteiger charge is -2.30. The highest BCUT2D eigenvalue weighted by atomic mass is 16.6. The van der Waals surface area contributed by atoms with Gasteiger partial charge in [0.2, 0.25) is 11.8 Å². The van der Waals surface area contributed by atoms with E-state index in [1.165, 1.54) is 0 Å². The molecule has 0 heterocycles. The van der Waals surface area contributed by atoms with Gasteiger partial charge in [0, 0.05) is 12.5 Å². The van der Waals surface area contributed by atoms with Crippen LogP contribution in [0, 0.1) is 11.8 Å². The number of carbonyl (C=O) groups excluding carboxylic acids is 3. The number of benzene rings is 2. The summed E-state index contributed by atoms with van der Waals surface area (Å²) in [4.78, 5) is 39.0. The Hall–Kier alpha value is -3.43. The second-order valence-corrected chi connectivity index (χ2v) is 11.4. The molecule has 40 heavy (non-hydrogen) atoms. The average Bonchev–Trinajstić information content (AvgIpc) is 2.89. The van der Waals surface area contributed by atoms with E-state index in [-0.39, 0.29) is 37.3 Å². The van der Waals surface area contributed by atoms with Gasteiger partial charge in [-0.15, -0.1) is 0 Å². The zero-order valence-electron chi connectivity index (χ0n) is 24.2. The molecule has 0 aromatic heterocycles. The van der Waals surface area contributed by atoms with Crippen LogP contribution in [0.25, 0.3) is 0 Å². The molecule has 3 amide bonds. The highest BCUT2D eigenvalue weighted by molar-refractivity contribution is 5.88. The van der Waals surface area contributed by atoms with Crippen LogP contribution in [0.1, 0.15) is 52.2 Å². The Labute approximate surface area is 237 Å². The van der Waals surface area contributed by atoms with E-state index in [0.717, 1.165) is 11.1 Å². The van der Waals surface area contributed by atoms with Crippen molar-refractivity contribution in [3.63, 3.8) is 0 Å². The van der Waals surface area contributed by atoms with Crippen molar-refractivity contribution < 1.29 is 29.3 Å². The van der Waals surface area contributed by atoms with Crippen LogP contribution in [-0.4, -0.2) is 65.1 Å². The topological polar surface area (TPSA) is 137 Å². The summed E-state index contributed by atoms with van der Waals surface area (Å²) in [5.41, 5.74) is 1.09. The van der Waals surface area contributed by atoms with Gasteiger partial charge in [0.1, 0.15) is 11.6 Å². The van der Waals surface area contributed by atoms with Crippen LogP contribution >= 0.6 is 0 Å². The number of aliphatic hydroxyl groups is 2. The van der Waals surface area contributed by atoms with Gasteiger partial charge < -0.3 is 30.9 Å². The number of nitrogens with one attached hydrogen (secondary N) is 3. The summed E-state index contributed by atoms with van der Waals surface area (Å²) in [5.74, 6) is -1.66. The van der Waals surface area contributed by atoms with Gasteiger partial charge in [-0.1, -0.05) is 74.5 Å². The van der Waals surface area contributed by atoms with Crippen LogP contribution in [-0.2, 0) is 27.2 Å². The molecular weight excluding hydrogens is 510 g/mol. The van der Waals surface area contributed by atoms with Crippen molar-refractivity contribution in [1.29, 1.82) is 0 Å². The van der Waals surface area contributed by atoms with E-state index in [1.807, 2.05) is 74.5 Å². The number of hydrogen-bond donors (Lipinski definition) is 5. The predicted molar refractivity (Wildman–Crippen MR) is 154 cm³/mol. The molecule has 5 N–H and O–H groups in total. The third-order valence-corrected chi connectivity index (χ3v) is 6.34. The van der Waals surface area contributed by atoms with Crippen LogP contribution in [0.5, 0.6) is 0 Å². The van der Waals surface area contributed by atoms with Crippen molar-refractivity contribution in [3.8, 4) is 0 Å². The number of rotatable bonds is 14. The Bertz CT molecular complexity index is 1060. The number of amides is 3. The number of aliphatic hydroxyl groups excluding tert-OH is 2. The first-order chi connectivity index (χ1) is 18.9. The quantitative estimate of drug-likeness (QED) is 0.243. The lowest BCUT2D eigenvalue weighted by atomic mass is 9.88. The molecule has 0 aliphatic heterocycles. The van der Waals surface area contributed by atoms with Gasteiger partial charge in [0.05, 0.1) is 18.8 Å². The fraction of sp³-hybridized carbons (Fsp3) is 0.516. The van der Waals surface area contributed by atoms with Gasteiger partial charge in [0.15, 0.2) is 0 Å². The molecule has 9 heteroatoms. The monoisotopic (exact) mass is 555 g/mol. The summed E-state index contributed by atoms with van der Waals surface area (Å²) in [5, 5.41) is 28.8. The van der Waals surface area contributed by atoms with E-state index in [4.69, 9.17) is 9.84 Å². The standard InChI is InChI=1S/C31H45N3O6/c1-21(2)27(29(38)32-16-17-35)34-28(37)24(18-22-12-8-6-9-13-22)20-26(36)25(19-23-14-10-7-11-15-23)33-30(39)40-31(3,4)5/h6-15,21,24-27,35-36H,16-20H2,1-5H3,(H,32,38)(H,33,39)(H,34,37)/t24-,25-,26-,27-/m0/s1. The smallest absolute Gasteiger partial charge is 0.407 e. The molecule has 2 aromatic rings. The van der Waals surface area contributed by atoms with Crippen LogP contribution in [0.15, 0.2) is 60.7 Å². The van der Waals surface area contributed by atoms with Crippen molar-refractivity contribution >= 4 is 17.9 Å². The van der Waals surface area contributed by atoms with E-state index in [1.54, 1.807) is 20.8 Å². The first kappa shape index (κ1) is 32.8. The zero-order chi connectivity index (χ0) is 29.7. The van der Waals surface area contributed by atoms with Crippen molar-refractivity contribution in [2.24, 2.45) is 11.8 Å². The normalized spacial score (nSPS) is 14.5. The summed E-state index contributed by atoms with van der Waals surface area (Å²) in [6.45, 7) is 8.81. The van der Waals surface area contributed by atoms with Gasteiger partial charge in [-0.2, -0.15) is 0 Å². The molecule has 0 aliphatic carbocycles.